The number of primary amides is 1. The molecule has 0 radical (unpaired) electrons. The predicted molar refractivity (Wildman–Crippen MR) is 104 cm³/mol. The van der Waals surface area contributed by atoms with Gasteiger partial charge in [-0.15, -0.1) is 0 Å². The molecule has 0 aliphatic carbocycles. The van der Waals surface area contributed by atoms with Crippen molar-refractivity contribution in [3.63, 3.8) is 0 Å². The van der Waals surface area contributed by atoms with Crippen molar-refractivity contribution in [2.75, 3.05) is 5.32 Å². The van der Waals surface area contributed by atoms with Crippen LogP contribution in [0, 0.1) is 11.6 Å². The van der Waals surface area contributed by atoms with Crippen LogP contribution in [-0.4, -0.2) is 20.3 Å². The minimum Gasteiger partial charge on any atom is -0.366 e. The number of rotatable bonds is 4. The van der Waals surface area contributed by atoms with E-state index in [9.17, 15) is 18.4 Å². The lowest BCUT2D eigenvalue weighted by atomic mass is 10.1. The fraction of sp³-hybridized carbons (Fsp3) is 0.0500. The molecule has 4 aromatic rings. The second-order valence-corrected chi connectivity index (χ2v) is 6.38. The highest BCUT2D eigenvalue weighted by molar-refractivity contribution is 6.01. The van der Waals surface area contributed by atoms with Crippen LogP contribution < -0.4 is 16.6 Å². The zero-order valence-corrected chi connectivity index (χ0v) is 15.2. The Morgan fingerprint density at radius 2 is 1.86 bits per heavy atom. The number of para-hydroxylation sites is 1. The number of carbonyl (C=O) groups is 1. The van der Waals surface area contributed by atoms with Gasteiger partial charge in [-0.2, -0.15) is 5.10 Å². The molecule has 0 saturated carbocycles. The number of nitrogens with two attached hydrogens (primary N) is 1. The molecule has 2 heterocycles. The summed E-state index contributed by atoms with van der Waals surface area (Å²) in [6.45, 7) is 0. The molecule has 29 heavy (non-hydrogen) atoms. The van der Waals surface area contributed by atoms with Crippen molar-refractivity contribution in [3.05, 3.63) is 82.3 Å². The lowest BCUT2D eigenvalue weighted by Crippen LogP contribution is -2.19. The van der Waals surface area contributed by atoms with Gasteiger partial charge in [-0.1, -0.05) is 12.1 Å². The van der Waals surface area contributed by atoms with Gasteiger partial charge >= 0.3 is 0 Å². The Balaban J connectivity index is 1.94. The predicted octanol–water partition coefficient (Wildman–Crippen LogP) is 2.84. The number of hydrogen-bond acceptors (Lipinski definition) is 4. The van der Waals surface area contributed by atoms with Crippen molar-refractivity contribution in [1.82, 2.24) is 14.3 Å². The monoisotopic (exact) mass is 395 g/mol. The van der Waals surface area contributed by atoms with E-state index in [1.54, 1.807) is 24.3 Å². The number of carbonyl (C=O) groups excluding carboxylic acids is 1. The third kappa shape index (κ3) is 3.12. The van der Waals surface area contributed by atoms with Gasteiger partial charge in [0.25, 0.3) is 11.5 Å². The molecule has 7 nitrogen and oxygen atoms in total. The summed E-state index contributed by atoms with van der Waals surface area (Å²) in [5.41, 5.74) is 6.11. The number of hydrogen-bond donors (Lipinski definition) is 2. The minimum absolute atomic E-state index is 0.135. The minimum atomic E-state index is -0.693. The van der Waals surface area contributed by atoms with Crippen LogP contribution in [0.3, 0.4) is 0 Å². The van der Waals surface area contributed by atoms with Gasteiger partial charge < -0.3 is 11.1 Å². The van der Waals surface area contributed by atoms with E-state index < -0.39 is 23.1 Å². The van der Waals surface area contributed by atoms with Gasteiger partial charge in [0.1, 0.15) is 23.0 Å². The van der Waals surface area contributed by atoms with E-state index in [4.69, 9.17) is 5.73 Å². The zero-order chi connectivity index (χ0) is 20.7. The summed E-state index contributed by atoms with van der Waals surface area (Å²) in [6.07, 6.45) is 1.42. The molecule has 146 valence electrons. The number of amides is 1. The number of fused-ring (bicyclic) bond motifs is 1. The molecule has 0 unspecified atom stereocenters. The van der Waals surface area contributed by atoms with Gasteiger partial charge in [0.2, 0.25) is 0 Å². The first-order valence-corrected chi connectivity index (χ1v) is 8.56. The van der Waals surface area contributed by atoms with Gasteiger partial charge in [-0.25, -0.2) is 13.5 Å². The average molecular weight is 395 g/mol. The number of aryl methyl sites for hydroxylation is 1. The third-order valence-electron chi connectivity index (χ3n) is 4.55. The van der Waals surface area contributed by atoms with Crippen molar-refractivity contribution in [3.8, 4) is 5.69 Å². The number of anilines is 2. The summed E-state index contributed by atoms with van der Waals surface area (Å²) in [5.74, 6) is -1.97. The Labute approximate surface area is 163 Å². The molecule has 0 fully saturated rings. The normalized spacial score (nSPS) is 11.0. The third-order valence-corrected chi connectivity index (χ3v) is 4.55. The fourth-order valence-corrected chi connectivity index (χ4v) is 3.14. The lowest BCUT2D eigenvalue weighted by molar-refractivity contribution is 0.100. The Hall–Kier alpha value is -4.01. The lowest BCUT2D eigenvalue weighted by Gasteiger charge is -2.13. The highest BCUT2D eigenvalue weighted by Crippen LogP contribution is 2.28. The molecule has 0 bridgehead atoms. The summed E-state index contributed by atoms with van der Waals surface area (Å²) >= 11 is 0. The summed E-state index contributed by atoms with van der Waals surface area (Å²) in [7, 11) is 1.50. The first kappa shape index (κ1) is 18.4. The largest absolute Gasteiger partial charge is 0.366 e. The van der Waals surface area contributed by atoms with Crippen molar-refractivity contribution in [1.29, 1.82) is 0 Å². The molecular formula is C20H15F2N5O2. The van der Waals surface area contributed by atoms with E-state index in [1.807, 2.05) is 0 Å². The van der Waals surface area contributed by atoms with Crippen molar-refractivity contribution < 1.29 is 13.6 Å². The molecule has 2 aromatic carbocycles. The topological polar surface area (TPSA) is 94.9 Å². The van der Waals surface area contributed by atoms with E-state index >= 15 is 0 Å². The van der Waals surface area contributed by atoms with Crippen LogP contribution in [0.1, 0.15) is 10.4 Å². The zero-order valence-electron chi connectivity index (χ0n) is 15.2. The maximum Gasteiger partial charge on any atom is 0.254 e. The van der Waals surface area contributed by atoms with E-state index in [1.165, 1.54) is 23.9 Å². The van der Waals surface area contributed by atoms with E-state index in [2.05, 4.69) is 10.4 Å². The maximum atomic E-state index is 14.3. The van der Waals surface area contributed by atoms with Crippen LogP contribution in [0.5, 0.6) is 0 Å². The second-order valence-electron chi connectivity index (χ2n) is 6.38. The number of halogens is 2. The highest BCUT2D eigenvalue weighted by Gasteiger charge is 2.17. The van der Waals surface area contributed by atoms with Crippen LogP contribution in [0.2, 0.25) is 0 Å². The summed E-state index contributed by atoms with van der Waals surface area (Å²) in [6, 6.07) is 10.9. The Bertz CT molecular complexity index is 1330. The molecule has 4 rings (SSSR count). The number of nitrogens with one attached hydrogen (secondary N) is 1. The van der Waals surface area contributed by atoms with Crippen LogP contribution in [0.4, 0.5) is 20.2 Å². The van der Waals surface area contributed by atoms with Gasteiger partial charge in [-0.05, 0) is 24.3 Å². The molecule has 0 aliphatic rings. The van der Waals surface area contributed by atoms with Crippen LogP contribution in [0.25, 0.3) is 16.7 Å². The van der Waals surface area contributed by atoms with Crippen molar-refractivity contribution >= 4 is 28.3 Å². The van der Waals surface area contributed by atoms with Gasteiger partial charge in [-0.3, -0.25) is 14.2 Å². The number of pyridine rings is 1. The maximum absolute atomic E-state index is 14.3. The van der Waals surface area contributed by atoms with Crippen molar-refractivity contribution in [2.45, 2.75) is 0 Å². The van der Waals surface area contributed by atoms with Crippen molar-refractivity contribution in [2.24, 2.45) is 12.8 Å². The highest BCUT2D eigenvalue weighted by atomic mass is 19.1. The summed E-state index contributed by atoms with van der Waals surface area (Å²) in [5, 5.41) is 7.64. The Morgan fingerprint density at radius 3 is 2.62 bits per heavy atom. The van der Waals surface area contributed by atoms with Gasteiger partial charge in [0.15, 0.2) is 0 Å². The van der Waals surface area contributed by atoms with Gasteiger partial charge in [0.05, 0.1) is 28.5 Å². The van der Waals surface area contributed by atoms with Gasteiger partial charge in [0, 0.05) is 19.2 Å². The molecule has 3 N–H and O–H groups in total. The molecule has 1 amide bonds. The van der Waals surface area contributed by atoms with E-state index in [-0.39, 0.29) is 16.9 Å². The Kier molecular flexibility index (Phi) is 4.34. The van der Waals surface area contributed by atoms with E-state index in [0.717, 1.165) is 22.9 Å². The summed E-state index contributed by atoms with van der Waals surface area (Å²) in [4.78, 5) is 24.2. The van der Waals surface area contributed by atoms with Crippen LogP contribution in [-0.2, 0) is 7.05 Å². The number of aromatic nitrogens is 3. The molecule has 0 spiro atoms. The molecule has 0 aliphatic heterocycles. The Morgan fingerprint density at radius 1 is 1.10 bits per heavy atom. The second kappa shape index (κ2) is 6.86. The molecular weight excluding hydrogens is 380 g/mol. The smallest absolute Gasteiger partial charge is 0.254 e. The molecule has 2 aromatic heterocycles. The standard InChI is InChI=1S/C20H15F2N5O2/c1-26-18(28)9-16(25-15-5-3-2-4-12(15)19(23)29)13-10-24-27(20(13)26)17-8-11(21)6-7-14(17)22/h2-10,25H,1H3,(H2,23,29). The number of benzene rings is 2. The van der Waals surface area contributed by atoms with E-state index in [0.29, 0.717) is 16.8 Å². The molecule has 0 atom stereocenters. The van der Waals surface area contributed by atoms with Crippen LogP contribution >= 0.6 is 0 Å². The SMILES string of the molecule is Cn1c(=O)cc(Nc2ccccc2C(N)=O)c2cnn(-c3cc(F)ccc3F)c21. The number of nitrogens with zero attached hydrogens (tertiary/aromatic N) is 3. The molecule has 0 saturated heterocycles. The summed E-state index contributed by atoms with van der Waals surface area (Å²) < 4.78 is 30.4. The fourth-order valence-electron chi connectivity index (χ4n) is 3.14. The quantitative estimate of drug-likeness (QED) is 0.556. The first-order chi connectivity index (χ1) is 13.9. The first-order valence-electron chi connectivity index (χ1n) is 8.56. The molecule has 9 heteroatoms. The average Bonchev–Trinajstić information content (AvgIpc) is 3.13. The van der Waals surface area contributed by atoms with Crippen LogP contribution in [0.15, 0.2) is 59.5 Å².